The zero-order chi connectivity index (χ0) is 23.1. The number of hydrogen-bond acceptors (Lipinski definition) is 5. The molecule has 7 nitrogen and oxygen atoms in total. The van der Waals surface area contributed by atoms with Crippen molar-refractivity contribution in [3.8, 4) is 0 Å². The molecule has 9 heteroatoms. The van der Waals surface area contributed by atoms with Crippen molar-refractivity contribution in [3.05, 3.63) is 52.3 Å². The number of amides is 1. The van der Waals surface area contributed by atoms with Gasteiger partial charge in [-0.3, -0.25) is 9.48 Å². The molecule has 1 aliphatic heterocycles. The largest absolute Gasteiger partial charge is 0.462 e. The first-order valence-electron chi connectivity index (χ1n) is 11.0. The van der Waals surface area contributed by atoms with Crippen LogP contribution < -0.4 is 5.32 Å². The Morgan fingerprint density at radius 3 is 2.81 bits per heavy atom. The average molecular weight is 449 g/mol. The zero-order valence-electron chi connectivity index (χ0n) is 18.5. The van der Waals surface area contributed by atoms with Crippen LogP contribution in [0.2, 0.25) is 0 Å². The molecule has 2 heterocycles. The quantitative estimate of drug-likeness (QED) is 0.685. The summed E-state index contributed by atoms with van der Waals surface area (Å²) >= 11 is 0. The number of carbonyl (C=O) groups excluding carboxylic acids is 2. The number of aryl methyl sites for hydroxylation is 1. The lowest BCUT2D eigenvalue weighted by atomic mass is 10.1. The fraction of sp³-hybridized carbons (Fsp3) is 0.522. The molecular weight excluding hydrogens is 420 g/mol. The lowest BCUT2D eigenvalue weighted by Gasteiger charge is -2.15. The summed E-state index contributed by atoms with van der Waals surface area (Å²) < 4.78 is 39.1. The van der Waals surface area contributed by atoms with E-state index in [1.807, 2.05) is 18.5 Å². The van der Waals surface area contributed by atoms with Crippen LogP contribution >= 0.6 is 0 Å². The molecule has 0 spiro atoms. The zero-order valence-corrected chi connectivity index (χ0v) is 18.5. The molecule has 0 saturated carbocycles. The normalized spacial score (nSPS) is 15.9. The van der Waals surface area contributed by atoms with Crippen LogP contribution in [0.25, 0.3) is 0 Å². The van der Waals surface area contributed by atoms with Crippen molar-refractivity contribution in [1.82, 2.24) is 15.1 Å². The Labute approximate surface area is 186 Å². The Hall–Kier alpha value is -2.81. The molecule has 1 N–H and O–H groups in total. The van der Waals surface area contributed by atoms with Gasteiger partial charge in [0.25, 0.3) is 5.91 Å². The van der Waals surface area contributed by atoms with Gasteiger partial charge in [-0.25, -0.2) is 13.6 Å². The number of carbonyl (C=O) groups is 2. The Morgan fingerprint density at radius 2 is 2.06 bits per heavy atom. The van der Waals surface area contributed by atoms with Crippen LogP contribution in [-0.4, -0.2) is 48.0 Å². The van der Waals surface area contributed by atoms with Crippen molar-refractivity contribution in [2.45, 2.75) is 46.1 Å². The highest BCUT2D eigenvalue weighted by Gasteiger charge is 2.24. The van der Waals surface area contributed by atoms with Crippen LogP contribution in [0.4, 0.5) is 8.78 Å². The molecule has 1 aromatic heterocycles. The van der Waals surface area contributed by atoms with Crippen LogP contribution in [0, 0.1) is 17.6 Å². The van der Waals surface area contributed by atoms with Gasteiger partial charge in [0.15, 0.2) is 11.6 Å². The van der Waals surface area contributed by atoms with E-state index < -0.39 is 17.6 Å². The molecular formula is C23H29F2N3O4. The molecule has 3 rings (SSSR count). The fourth-order valence-corrected chi connectivity index (χ4v) is 3.65. The van der Waals surface area contributed by atoms with Gasteiger partial charge in [-0.1, -0.05) is 13.8 Å². The SMILES string of the molecule is CCc1nn(C[C@@H](C)COC(=O)c2ccc(F)c(F)c2)c2c1C(=O)NCCCOCCC2. The molecule has 1 amide bonds. The van der Waals surface area contributed by atoms with E-state index in [1.54, 1.807) is 0 Å². The van der Waals surface area contributed by atoms with E-state index in [1.165, 1.54) is 6.07 Å². The maximum Gasteiger partial charge on any atom is 0.338 e. The van der Waals surface area contributed by atoms with Crippen molar-refractivity contribution in [2.24, 2.45) is 5.92 Å². The van der Waals surface area contributed by atoms with E-state index in [0.29, 0.717) is 44.7 Å². The van der Waals surface area contributed by atoms with E-state index >= 15 is 0 Å². The Bertz CT molecular complexity index is 961. The minimum Gasteiger partial charge on any atom is -0.462 e. The first-order chi connectivity index (χ1) is 15.4. The highest BCUT2D eigenvalue weighted by atomic mass is 19.2. The third-order valence-corrected chi connectivity index (χ3v) is 5.28. The van der Waals surface area contributed by atoms with Crippen molar-refractivity contribution < 1.29 is 27.8 Å². The van der Waals surface area contributed by atoms with E-state index in [9.17, 15) is 18.4 Å². The first kappa shape index (κ1) is 23.8. The number of esters is 1. The third kappa shape index (κ3) is 5.91. The van der Waals surface area contributed by atoms with Crippen LogP contribution in [0.5, 0.6) is 0 Å². The van der Waals surface area contributed by atoms with Crippen molar-refractivity contribution >= 4 is 11.9 Å². The molecule has 1 aliphatic rings. The summed E-state index contributed by atoms with van der Waals surface area (Å²) in [5.41, 5.74) is 2.17. The minimum atomic E-state index is -1.10. The van der Waals surface area contributed by atoms with E-state index in [4.69, 9.17) is 9.47 Å². The van der Waals surface area contributed by atoms with Gasteiger partial charge in [0, 0.05) is 32.2 Å². The maximum atomic E-state index is 13.4. The molecule has 1 aromatic carbocycles. The summed E-state index contributed by atoms with van der Waals surface area (Å²) in [5, 5.41) is 7.60. The molecule has 1 atom stereocenters. The predicted octanol–water partition coefficient (Wildman–Crippen LogP) is 3.30. The van der Waals surface area contributed by atoms with E-state index in [0.717, 1.165) is 36.4 Å². The Morgan fingerprint density at radius 1 is 1.28 bits per heavy atom. The molecule has 32 heavy (non-hydrogen) atoms. The number of aromatic nitrogens is 2. The van der Waals surface area contributed by atoms with Gasteiger partial charge < -0.3 is 14.8 Å². The highest BCUT2D eigenvalue weighted by molar-refractivity contribution is 5.96. The first-order valence-corrected chi connectivity index (χ1v) is 11.0. The molecule has 0 saturated heterocycles. The number of benzene rings is 1. The monoisotopic (exact) mass is 449 g/mol. The van der Waals surface area contributed by atoms with Crippen LogP contribution in [-0.2, 0) is 28.9 Å². The lowest BCUT2D eigenvalue weighted by Crippen LogP contribution is -2.27. The molecule has 0 radical (unpaired) electrons. The minimum absolute atomic E-state index is 0.0476. The van der Waals surface area contributed by atoms with Gasteiger partial charge in [-0.05, 0) is 43.9 Å². The average Bonchev–Trinajstić information content (AvgIpc) is 3.10. The van der Waals surface area contributed by atoms with Crippen molar-refractivity contribution in [3.63, 3.8) is 0 Å². The summed E-state index contributed by atoms with van der Waals surface area (Å²) in [6.07, 6.45) is 2.81. The Kier molecular flexibility index (Phi) is 8.33. The topological polar surface area (TPSA) is 82.5 Å². The third-order valence-electron chi connectivity index (χ3n) is 5.28. The van der Waals surface area contributed by atoms with Crippen LogP contribution in [0.1, 0.15) is 58.8 Å². The molecule has 0 bridgehead atoms. The van der Waals surface area contributed by atoms with Gasteiger partial charge in [-0.2, -0.15) is 5.10 Å². The highest BCUT2D eigenvalue weighted by Crippen LogP contribution is 2.20. The maximum absolute atomic E-state index is 13.4. The summed E-state index contributed by atoms with van der Waals surface area (Å²) in [5.74, 6) is -3.08. The smallest absolute Gasteiger partial charge is 0.338 e. The second kappa shape index (κ2) is 11.2. The molecule has 2 aromatic rings. The molecule has 174 valence electrons. The van der Waals surface area contributed by atoms with Crippen molar-refractivity contribution in [2.75, 3.05) is 26.4 Å². The summed E-state index contributed by atoms with van der Waals surface area (Å²) in [7, 11) is 0. The van der Waals surface area contributed by atoms with Gasteiger partial charge in [0.2, 0.25) is 0 Å². The van der Waals surface area contributed by atoms with Gasteiger partial charge >= 0.3 is 5.97 Å². The Balaban J connectivity index is 1.70. The summed E-state index contributed by atoms with van der Waals surface area (Å²) in [6.45, 7) is 6.15. The van der Waals surface area contributed by atoms with Gasteiger partial charge in [0.1, 0.15) is 0 Å². The summed E-state index contributed by atoms with van der Waals surface area (Å²) in [4.78, 5) is 25.0. The van der Waals surface area contributed by atoms with Gasteiger partial charge in [-0.15, -0.1) is 0 Å². The number of halogens is 2. The molecule has 0 unspecified atom stereocenters. The second-order valence-electron chi connectivity index (χ2n) is 7.96. The van der Waals surface area contributed by atoms with E-state index in [-0.39, 0.29) is 24.0 Å². The number of nitrogens with zero attached hydrogens (tertiary/aromatic N) is 2. The number of rotatable bonds is 6. The predicted molar refractivity (Wildman–Crippen MR) is 113 cm³/mol. The molecule has 0 aliphatic carbocycles. The van der Waals surface area contributed by atoms with Gasteiger partial charge in [0.05, 0.1) is 29.1 Å². The lowest BCUT2D eigenvalue weighted by molar-refractivity contribution is 0.0435. The number of nitrogens with one attached hydrogen (secondary N) is 1. The van der Waals surface area contributed by atoms with Crippen molar-refractivity contribution in [1.29, 1.82) is 0 Å². The summed E-state index contributed by atoms with van der Waals surface area (Å²) in [6, 6.07) is 2.90. The number of fused-ring (bicyclic) bond motifs is 1. The number of hydrogen-bond donors (Lipinski definition) is 1. The van der Waals surface area contributed by atoms with E-state index in [2.05, 4.69) is 10.4 Å². The standard InChI is InChI=1S/C23H29F2N3O4/c1-3-19-21-20(6-4-10-31-11-5-9-26-22(21)29)28(27-19)13-15(2)14-32-23(30)16-7-8-17(24)18(25)12-16/h7-8,12,15H,3-6,9-11,13-14H2,1-2H3,(H,26,29)/t15-/m1/s1. The number of ether oxygens (including phenoxy) is 2. The second-order valence-corrected chi connectivity index (χ2v) is 7.96. The fourth-order valence-electron chi connectivity index (χ4n) is 3.65. The molecule has 0 fully saturated rings. The van der Waals surface area contributed by atoms with Crippen LogP contribution in [0.15, 0.2) is 18.2 Å². The van der Waals surface area contributed by atoms with Crippen LogP contribution in [0.3, 0.4) is 0 Å².